The summed E-state index contributed by atoms with van der Waals surface area (Å²) in [4.78, 5) is 12.0. The van der Waals surface area contributed by atoms with Crippen LogP contribution in [0.15, 0.2) is 46.5 Å². The lowest BCUT2D eigenvalue weighted by molar-refractivity contribution is 0.0474. The molecule has 2 unspecified atom stereocenters. The Morgan fingerprint density at radius 3 is 2.69 bits per heavy atom. The van der Waals surface area contributed by atoms with Crippen molar-refractivity contribution in [2.45, 2.75) is 42.4 Å². The normalized spacial score (nSPS) is 17.3. The van der Waals surface area contributed by atoms with Gasteiger partial charge in [0.2, 0.25) is 0 Å². The molecule has 0 amide bonds. The topological polar surface area (TPSA) is 146 Å². The number of pyridine rings is 1. The highest BCUT2D eigenvalue weighted by molar-refractivity contribution is 8.15. The van der Waals surface area contributed by atoms with Gasteiger partial charge in [0.05, 0.1) is 36.7 Å². The van der Waals surface area contributed by atoms with Crippen molar-refractivity contribution in [3.63, 3.8) is 0 Å². The third-order valence-electron chi connectivity index (χ3n) is 5.41. The van der Waals surface area contributed by atoms with Crippen molar-refractivity contribution in [1.29, 1.82) is 0 Å². The number of ether oxygens (including phenoxy) is 2. The molecule has 0 aliphatic carbocycles. The highest BCUT2D eigenvalue weighted by Gasteiger charge is 2.25. The fraction of sp³-hybridized carbons (Fsp3) is 0.417. The fourth-order valence-corrected chi connectivity index (χ4v) is 5.38. The van der Waals surface area contributed by atoms with E-state index < -0.39 is 21.7 Å². The predicted molar refractivity (Wildman–Crippen MR) is 140 cm³/mol. The van der Waals surface area contributed by atoms with E-state index in [0.717, 1.165) is 27.9 Å². The Bertz CT molecular complexity index is 1360. The van der Waals surface area contributed by atoms with Crippen LogP contribution in [0.3, 0.4) is 0 Å². The van der Waals surface area contributed by atoms with E-state index in [4.69, 9.17) is 9.47 Å². The molecule has 4 N–H and O–H groups in total. The zero-order chi connectivity index (χ0) is 26.1. The van der Waals surface area contributed by atoms with Gasteiger partial charge in [-0.05, 0) is 38.1 Å². The monoisotopic (exact) mass is 534 g/mol. The van der Waals surface area contributed by atoms with Crippen LogP contribution in [0.2, 0.25) is 0 Å². The Morgan fingerprint density at radius 1 is 1.28 bits per heavy atom. The number of H-pyrrole nitrogens is 1. The molecule has 10 nitrogen and oxygen atoms in total. The molecule has 3 heterocycles. The van der Waals surface area contributed by atoms with Crippen molar-refractivity contribution < 1.29 is 28.1 Å². The number of aromatic nitrogens is 2. The maximum atomic E-state index is 11.6. The molecular weight excluding hydrogens is 504 g/mol. The largest absolute Gasteiger partial charge is 0.494 e. The first-order valence-corrected chi connectivity index (χ1v) is 14.1. The van der Waals surface area contributed by atoms with Crippen LogP contribution >= 0.6 is 11.8 Å². The lowest BCUT2D eigenvalue weighted by Crippen LogP contribution is -2.41. The first-order valence-electron chi connectivity index (χ1n) is 11.3. The molecule has 2 aromatic heterocycles. The number of hydrogen-bond acceptors (Lipinski definition) is 10. The SMILES string of the molecule is COc1cc(Oc2ccc(S(C)(=O)=O)nc2)cc2cc(C3=NCC(CC(O)NCC(C)(C)O)S3)[nH]c12. The summed E-state index contributed by atoms with van der Waals surface area (Å²) in [7, 11) is -1.82. The quantitative estimate of drug-likeness (QED) is 0.288. The van der Waals surface area contributed by atoms with E-state index in [9.17, 15) is 18.6 Å². The van der Waals surface area contributed by atoms with Crippen molar-refractivity contribution >= 4 is 37.5 Å². The van der Waals surface area contributed by atoms with Gasteiger partial charge in [-0.15, -0.1) is 0 Å². The predicted octanol–water partition coefficient (Wildman–Crippen LogP) is 2.70. The van der Waals surface area contributed by atoms with Crippen molar-refractivity contribution in [3.05, 3.63) is 42.2 Å². The van der Waals surface area contributed by atoms with E-state index in [0.29, 0.717) is 36.8 Å². The van der Waals surface area contributed by atoms with Gasteiger partial charge in [-0.3, -0.25) is 10.3 Å². The number of thioether (sulfide) groups is 1. The van der Waals surface area contributed by atoms with E-state index in [1.54, 1.807) is 44.9 Å². The number of sulfone groups is 1. The van der Waals surface area contributed by atoms with Gasteiger partial charge in [-0.2, -0.15) is 0 Å². The number of nitrogens with zero attached hydrogens (tertiary/aromatic N) is 2. The molecule has 1 aliphatic rings. The van der Waals surface area contributed by atoms with Crippen LogP contribution in [0.1, 0.15) is 26.0 Å². The van der Waals surface area contributed by atoms with Gasteiger partial charge in [0, 0.05) is 35.9 Å². The first kappa shape index (κ1) is 26.4. The van der Waals surface area contributed by atoms with Crippen LogP contribution in [0.4, 0.5) is 0 Å². The number of aliphatic hydroxyl groups is 2. The third-order valence-corrected chi connectivity index (χ3v) is 7.66. The Kier molecular flexibility index (Phi) is 7.62. The van der Waals surface area contributed by atoms with Gasteiger partial charge in [0.15, 0.2) is 14.9 Å². The zero-order valence-electron chi connectivity index (χ0n) is 20.5. The molecule has 0 saturated heterocycles. The van der Waals surface area contributed by atoms with E-state index in [1.807, 2.05) is 12.1 Å². The Morgan fingerprint density at radius 2 is 2.06 bits per heavy atom. The minimum absolute atomic E-state index is 0.0214. The van der Waals surface area contributed by atoms with Crippen LogP contribution in [-0.4, -0.2) is 77.2 Å². The molecule has 36 heavy (non-hydrogen) atoms. The summed E-state index contributed by atoms with van der Waals surface area (Å²) in [6.45, 7) is 4.25. The summed E-state index contributed by atoms with van der Waals surface area (Å²) in [6, 6.07) is 8.51. The van der Waals surface area contributed by atoms with Gasteiger partial charge < -0.3 is 24.7 Å². The summed E-state index contributed by atoms with van der Waals surface area (Å²) in [5.41, 5.74) is 0.739. The minimum Gasteiger partial charge on any atom is -0.494 e. The van der Waals surface area contributed by atoms with Crippen molar-refractivity contribution in [2.24, 2.45) is 4.99 Å². The summed E-state index contributed by atoms with van der Waals surface area (Å²) < 4.78 is 34.7. The molecule has 194 valence electrons. The molecule has 4 rings (SSSR count). The summed E-state index contributed by atoms with van der Waals surface area (Å²) in [5, 5.41) is 24.8. The Balaban J connectivity index is 1.47. The highest BCUT2D eigenvalue weighted by atomic mass is 32.2. The molecule has 0 spiro atoms. The lowest BCUT2D eigenvalue weighted by Gasteiger charge is -2.22. The van der Waals surface area contributed by atoms with Gasteiger partial charge in [-0.25, -0.2) is 13.4 Å². The smallest absolute Gasteiger partial charge is 0.192 e. The van der Waals surface area contributed by atoms with E-state index in [1.165, 1.54) is 12.3 Å². The minimum atomic E-state index is -3.39. The molecule has 12 heteroatoms. The molecule has 0 saturated carbocycles. The van der Waals surface area contributed by atoms with Crippen LogP contribution in [0, 0.1) is 0 Å². The van der Waals surface area contributed by atoms with Crippen LogP contribution in [0.5, 0.6) is 17.2 Å². The van der Waals surface area contributed by atoms with Gasteiger partial charge in [0.1, 0.15) is 28.5 Å². The van der Waals surface area contributed by atoms with Crippen LogP contribution in [-0.2, 0) is 9.84 Å². The number of methoxy groups -OCH3 is 1. The van der Waals surface area contributed by atoms with Crippen LogP contribution in [0.25, 0.3) is 10.9 Å². The summed E-state index contributed by atoms with van der Waals surface area (Å²) in [5.74, 6) is 1.49. The number of rotatable bonds is 10. The molecule has 2 atom stereocenters. The molecular formula is C24H30N4O6S2. The number of aliphatic hydroxyl groups excluding tert-OH is 1. The number of aromatic amines is 1. The number of nitrogens with one attached hydrogen (secondary N) is 2. The highest BCUT2D eigenvalue weighted by Crippen LogP contribution is 2.36. The molecule has 0 radical (unpaired) electrons. The zero-order valence-corrected chi connectivity index (χ0v) is 22.1. The second-order valence-corrected chi connectivity index (χ2v) is 12.6. The number of aliphatic imine (C=N–C) groups is 1. The van der Waals surface area contributed by atoms with Crippen molar-refractivity contribution in [1.82, 2.24) is 15.3 Å². The number of benzene rings is 1. The average Bonchev–Trinajstić information content (AvgIpc) is 3.43. The molecule has 0 fully saturated rings. The molecule has 1 aromatic carbocycles. The van der Waals surface area contributed by atoms with E-state index in [2.05, 4.69) is 20.3 Å². The average molecular weight is 535 g/mol. The first-order chi connectivity index (χ1) is 16.9. The van der Waals surface area contributed by atoms with Crippen LogP contribution < -0.4 is 14.8 Å². The van der Waals surface area contributed by atoms with E-state index in [-0.39, 0.29) is 10.3 Å². The lowest BCUT2D eigenvalue weighted by atomic mass is 10.1. The molecule has 1 aliphatic heterocycles. The number of hydrogen-bond donors (Lipinski definition) is 4. The second kappa shape index (κ2) is 10.4. The third kappa shape index (κ3) is 6.56. The maximum absolute atomic E-state index is 11.6. The Hall–Kier alpha value is -2.64. The standard InChI is InChI=1S/C24H30N4O6S2/c1-24(2,30)13-27-20(29)10-17-12-26-23(35-17)18-8-14-7-16(9-19(33-3)22(14)28-18)34-15-5-6-21(25-11-15)36(4,31)32/h5-9,11,17,20,27-30H,10,12-13H2,1-4H3. The van der Waals surface area contributed by atoms with E-state index >= 15 is 0 Å². The van der Waals surface area contributed by atoms with Crippen molar-refractivity contribution in [3.8, 4) is 17.2 Å². The van der Waals surface area contributed by atoms with Gasteiger partial charge >= 0.3 is 0 Å². The summed E-state index contributed by atoms with van der Waals surface area (Å²) >= 11 is 1.59. The van der Waals surface area contributed by atoms with Crippen molar-refractivity contribution in [2.75, 3.05) is 26.5 Å². The molecule has 0 bridgehead atoms. The van der Waals surface area contributed by atoms with Gasteiger partial charge in [-0.1, -0.05) is 11.8 Å². The fourth-order valence-electron chi connectivity index (χ4n) is 3.69. The Labute approximate surface area is 214 Å². The maximum Gasteiger partial charge on any atom is 0.192 e. The second-order valence-electron chi connectivity index (χ2n) is 9.31. The molecule has 3 aromatic rings. The summed E-state index contributed by atoms with van der Waals surface area (Å²) in [6.07, 6.45) is 2.24. The number of fused-ring (bicyclic) bond motifs is 1. The van der Waals surface area contributed by atoms with Gasteiger partial charge in [0.25, 0.3) is 0 Å².